The highest BCUT2D eigenvalue weighted by Crippen LogP contribution is 2.16. The number of methoxy groups -OCH3 is 1. The quantitative estimate of drug-likeness (QED) is 0.791. The Hall–Kier alpha value is -2.38. The number of hydrogen-bond acceptors (Lipinski definition) is 4. The summed E-state index contributed by atoms with van der Waals surface area (Å²) in [5.41, 5.74) is 0.945. The summed E-state index contributed by atoms with van der Waals surface area (Å²) in [4.78, 5) is 12.4. The Labute approximate surface area is 148 Å². The Balaban J connectivity index is 2.01. The number of benzene rings is 2. The first-order valence-electron chi connectivity index (χ1n) is 7.85. The smallest absolute Gasteiger partial charge is 0.241 e. The van der Waals surface area contributed by atoms with Crippen LogP contribution in [0.1, 0.15) is 25.5 Å². The molecule has 0 radical (unpaired) electrons. The van der Waals surface area contributed by atoms with Crippen LogP contribution in [-0.4, -0.2) is 27.5 Å². The molecule has 1 amide bonds. The monoisotopic (exact) mass is 362 g/mol. The molecule has 2 atom stereocenters. The first kappa shape index (κ1) is 19.0. The topological polar surface area (TPSA) is 84.5 Å². The molecule has 25 heavy (non-hydrogen) atoms. The molecule has 2 N–H and O–H groups in total. The van der Waals surface area contributed by atoms with E-state index in [0.29, 0.717) is 5.75 Å². The van der Waals surface area contributed by atoms with Crippen LogP contribution in [0.15, 0.2) is 59.5 Å². The van der Waals surface area contributed by atoms with E-state index in [4.69, 9.17) is 4.74 Å². The maximum absolute atomic E-state index is 12.4. The minimum absolute atomic E-state index is 0.0732. The summed E-state index contributed by atoms with van der Waals surface area (Å²) in [6.45, 7) is 3.35. The van der Waals surface area contributed by atoms with Gasteiger partial charge in [0.2, 0.25) is 15.9 Å². The van der Waals surface area contributed by atoms with Crippen molar-refractivity contribution in [3.8, 4) is 5.75 Å². The van der Waals surface area contributed by atoms with E-state index < -0.39 is 22.0 Å². The standard InChI is InChI=1S/C18H22N2O4S/c1-13(15-7-5-4-6-8-15)19-18(21)14(2)20-25(22,23)17-11-9-16(24-3)10-12-17/h4-14,20H,1-3H3,(H,19,21)/t13-,14+/m1/s1. The van der Waals surface area contributed by atoms with Gasteiger partial charge in [-0.25, -0.2) is 8.42 Å². The normalized spacial score (nSPS) is 13.7. The zero-order valence-electron chi connectivity index (χ0n) is 14.4. The van der Waals surface area contributed by atoms with Gasteiger partial charge in [-0.2, -0.15) is 4.72 Å². The number of nitrogens with one attached hydrogen (secondary N) is 2. The van der Waals surface area contributed by atoms with Crippen LogP contribution in [0.5, 0.6) is 5.75 Å². The van der Waals surface area contributed by atoms with Crippen molar-refractivity contribution in [3.05, 3.63) is 60.2 Å². The van der Waals surface area contributed by atoms with E-state index in [2.05, 4.69) is 10.0 Å². The van der Waals surface area contributed by atoms with Crippen molar-refractivity contribution < 1.29 is 17.9 Å². The van der Waals surface area contributed by atoms with E-state index in [0.717, 1.165) is 5.56 Å². The van der Waals surface area contributed by atoms with Crippen molar-refractivity contribution in [2.45, 2.75) is 30.8 Å². The van der Waals surface area contributed by atoms with Crippen LogP contribution in [-0.2, 0) is 14.8 Å². The van der Waals surface area contributed by atoms with Crippen LogP contribution in [0.2, 0.25) is 0 Å². The van der Waals surface area contributed by atoms with E-state index in [-0.39, 0.29) is 10.9 Å². The Morgan fingerprint density at radius 2 is 1.60 bits per heavy atom. The molecule has 2 aromatic carbocycles. The Morgan fingerprint density at radius 3 is 2.16 bits per heavy atom. The highest BCUT2D eigenvalue weighted by molar-refractivity contribution is 7.89. The summed E-state index contributed by atoms with van der Waals surface area (Å²) in [5.74, 6) is 0.162. The minimum Gasteiger partial charge on any atom is -0.497 e. The van der Waals surface area contributed by atoms with Gasteiger partial charge in [-0.3, -0.25) is 4.79 Å². The number of ether oxygens (including phenoxy) is 1. The highest BCUT2D eigenvalue weighted by Gasteiger charge is 2.23. The predicted molar refractivity (Wildman–Crippen MR) is 95.8 cm³/mol. The fourth-order valence-corrected chi connectivity index (χ4v) is 3.48. The summed E-state index contributed by atoms with van der Waals surface area (Å²) in [5, 5.41) is 2.80. The van der Waals surface area contributed by atoms with E-state index in [9.17, 15) is 13.2 Å². The number of sulfonamides is 1. The molecule has 0 unspecified atom stereocenters. The van der Waals surface area contributed by atoms with Gasteiger partial charge in [-0.1, -0.05) is 30.3 Å². The molecule has 0 bridgehead atoms. The summed E-state index contributed by atoms with van der Waals surface area (Å²) < 4.78 is 32.1. The summed E-state index contributed by atoms with van der Waals surface area (Å²) in [6, 6.07) is 14.3. The molecule has 2 aromatic rings. The molecule has 0 aliphatic carbocycles. The van der Waals surface area contributed by atoms with E-state index in [1.807, 2.05) is 37.3 Å². The number of carbonyl (C=O) groups excluding carboxylic acids is 1. The molecule has 2 rings (SSSR count). The van der Waals surface area contributed by atoms with Gasteiger partial charge in [0.25, 0.3) is 0 Å². The second kappa shape index (κ2) is 8.13. The Bertz CT molecular complexity index is 805. The van der Waals surface area contributed by atoms with Gasteiger partial charge >= 0.3 is 0 Å². The molecular formula is C18H22N2O4S. The third kappa shape index (κ3) is 5.04. The van der Waals surface area contributed by atoms with Gasteiger partial charge in [-0.05, 0) is 43.7 Å². The Morgan fingerprint density at radius 1 is 1.00 bits per heavy atom. The SMILES string of the molecule is COc1ccc(S(=O)(=O)N[C@@H](C)C(=O)N[C@H](C)c2ccccc2)cc1. The minimum atomic E-state index is -3.80. The lowest BCUT2D eigenvalue weighted by Gasteiger charge is -2.19. The second-order valence-electron chi connectivity index (χ2n) is 5.66. The fraction of sp³-hybridized carbons (Fsp3) is 0.278. The second-order valence-corrected chi connectivity index (χ2v) is 7.37. The molecule has 134 valence electrons. The lowest BCUT2D eigenvalue weighted by molar-refractivity contribution is -0.123. The van der Waals surface area contributed by atoms with Crippen molar-refractivity contribution >= 4 is 15.9 Å². The largest absolute Gasteiger partial charge is 0.497 e. The highest BCUT2D eigenvalue weighted by atomic mass is 32.2. The third-order valence-corrected chi connectivity index (χ3v) is 5.31. The molecular weight excluding hydrogens is 340 g/mol. The van der Waals surface area contributed by atoms with Crippen molar-refractivity contribution in [1.29, 1.82) is 0 Å². The van der Waals surface area contributed by atoms with Crippen molar-refractivity contribution in [2.75, 3.05) is 7.11 Å². The molecule has 6 nitrogen and oxygen atoms in total. The zero-order valence-corrected chi connectivity index (χ0v) is 15.2. The molecule has 0 aliphatic heterocycles. The summed E-state index contributed by atoms with van der Waals surface area (Å²) >= 11 is 0. The maximum Gasteiger partial charge on any atom is 0.241 e. The molecule has 0 aliphatic rings. The molecule has 0 saturated carbocycles. The van der Waals surface area contributed by atoms with Crippen LogP contribution in [0.4, 0.5) is 0 Å². The van der Waals surface area contributed by atoms with Crippen LogP contribution >= 0.6 is 0 Å². The molecule has 0 aromatic heterocycles. The molecule has 0 spiro atoms. The van der Waals surface area contributed by atoms with Gasteiger partial charge in [0.1, 0.15) is 5.75 Å². The molecule has 0 heterocycles. The molecule has 0 fully saturated rings. The number of rotatable bonds is 7. The van der Waals surface area contributed by atoms with Crippen molar-refractivity contribution in [1.82, 2.24) is 10.0 Å². The summed E-state index contributed by atoms with van der Waals surface area (Å²) in [6.07, 6.45) is 0. The first-order chi connectivity index (χ1) is 11.8. The number of amides is 1. The van der Waals surface area contributed by atoms with Gasteiger partial charge < -0.3 is 10.1 Å². The number of carbonyl (C=O) groups is 1. The van der Waals surface area contributed by atoms with Crippen molar-refractivity contribution in [2.24, 2.45) is 0 Å². The van der Waals surface area contributed by atoms with Crippen molar-refractivity contribution in [3.63, 3.8) is 0 Å². The van der Waals surface area contributed by atoms with Gasteiger partial charge in [0, 0.05) is 0 Å². The van der Waals surface area contributed by atoms with Crippen LogP contribution < -0.4 is 14.8 Å². The van der Waals surface area contributed by atoms with E-state index in [1.54, 1.807) is 12.1 Å². The lowest BCUT2D eigenvalue weighted by atomic mass is 10.1. The van der Waals surface area contributed by atoms with Crippen LogP contribution in [0, 0.1) is 0 Å². The van der Waals surface area contributed by atoms with E-state index >= 15 is 0 Å². The Kier molecular flexibility index (Phi) is 6.17. The summed E-state index contributed by atoms with van der Waals surface area (Å²) in [7, 11) is -2.29. The number of hydrogen-bond donors (Lipinski definition) is 2. The molecule has 7 heteroatoms. The average molecular weight is 362 g/mol. The maximum atomic E-state index is 12.4. The van der Waals surface area contributed by atoms with Crippen LogP contribution in [0.3, 0.4) is 0 Å². The lowest BCUT2D eigenvalue weighted by Crippen LogP contribution is -2.45. The average Bonchev–Trinajstić information content (AvgIpc) is 2.62. The van der Waals surface area contributed by atoms with Crippen LogP contribution in [0.25, 0.3) is 0 Å². The fourth-order valence-electron chi connectivity index (χ4n) is 2.27. The van der Waals surface area contributed by atoms with Gasteiger partial charge in [0.05, 0.1) is 24.1 Å². The first-order valence-corrected chi connectivity index (χ1v) is 9.33. The molecule has 0 saturated heterocycles. The van der Waals surface area contributed by atoms with E-state index in [1.165, 1.54) is 26.2 Å². The zero-order chi connectivity index (χ0) is 18.4. The third-order valence-electron chi connectivity index (χ3n) is 3.75. The van der Waals surface area contributed by atoms with Gasteiger partial charge in [0.15, 0.2) is 0 Å². The predicted octanol–water partition coefficient (Wildman–Crippen LogP) is 2.24. The van der Waals surface area contributed by atoms with Gasteiger partial charge in [-0.15, -0.1) is 0 Å².